The van der Waals surface area contributed by atoms with Crippen LogP contribution in [0.3, 0.4) is 0 Å². The van der Waals surface area contributed by atoms with Gasteiger partial charge >= 0.3 is 0 Å². The lowest BCUT2D eigenvalue weighted by atomic mass is 10.2. The van der Waals surface area contributed by atoms with Crippen molar-refractivity contribution >= 4 is 0 Å². The van der Waals surface area contributed by atoms with E-state index in [1.54, 1.807) is 0 Å². The van der Waals surface area contributed by atoms with E-state index in [2.05, 4.69) is 29.2 Å². The van der Waals surface area contributed by atoms with Crippen LogP contribution in [0.5, 0.6) is 0 Å². The molecule has 1 aromatic rings. The number of rotatable bonds is 8. The molecule has 0 aliphatic rings. The van der Waals surface area contributed by atoms with E-state index < -0.39 is 0 Å². The highest BCUT2D eigenvalue weighted by Crippen LogP contribution is 2.04. The first kappa shape index (κ1) is 13.2. The molecular formula is C13H21NO2. The van der Waals surface area contributed by atoms with E-state index in [4.69, 9.17) is 9.47 Å². The molecule has 0 aliphatic carbocycles. The van der Waals surface area contributed by atoms with Gasteiger partial charge in [-0.15, -0.1) is 0 Å². The molecule has 3 heteroatoms. The summed E-state index contributed by atoms with van der Waals surface area (Å²) >= 11 is 0. The van der Waals surface area contributed by atoms with Crippen molar-refractivity contribution in [1.29, 1.82) is 0 Å². The first-order valence-corrected chi connectivity index (χ1v) is 5.78. The Kier molecular flexibility index (Phi) is 6.81. The third-order valence-corrected chi connectivity index (χ3v) is 2.20. The molecule has 0 saturated carbocycles. The van der Waals surface area contributed by atoms with Gasteiger partial charge in [0.2, 0.25) is 0 Å². The van der Waals surface area contributed by atoms with Crippen LogP contribution in [0.4, 0.5) is 0 Å². The van der Waals surface area contributed by atoms with Crippen molar-refractivity contribution in [2.75, 3.05) is 26.7 Å². The second-order valence-corrected chi connectivity index (χ2v) is 3.56. The van der Waals surface area contributed by atoms with Gasteiger partial charge in [-0.1, -0.05) is 30.3 Å². The fourth-order valence-corrected chi connectivity index (χ4v) is 1.41. The smallest absolute Gasteiger partial charge is 0.101 e. The third kappa shape index (κ3) is 5.26. The Morgan fingerprint density at radius 1 is 0.938 bits per heavy atom. The van der Waals surface area contributed by atoms with Gasteiger partial charge in [0.15, 0.2) is 0 Å². The van der Waals surface area contributed by atoms with E-state index in [1.165, 1.54) is 5.56 Å². The van der Waals surface area contributed by atoms with Crippen molar-refractivity contribution in [1.82, 2.24) is 4.90 Å². The molecule has 0 bridgehead atoms. The number of benzene rings is 1. The molecule has 0 amide bonds. The summed E-state index contributed by atoms with van der Waals surface area (Å²) in [6, 6.07) is 10.4. The Balaban J connectivity index is 2.42. The van der Waals surface area contributed by atoms with E-state index in [1.807, 2.05) is 19.9 Å². The summed E-state index contributed by atoms with van der Waals surface area (Å²) in [5.74, 6) is 0. The van der Waals surface area contributed by atoms with Crippen LogP contribution in [0.25, 0.3) is 0 Å². The molecule has 0 aromatic heterocycles. The molecule has 0 N–H and O–H groups in total. The Labute approximate surface area is 98.0 Å². The maximum Gasteiger partial charge on any atom is 0.101 e. The van der Waals surface area contributed by atoms with Gasteiger partial charge in [0.05, 0.1) is 0 Å². The van der Waals surface area contributed by atoms with E-state index in [-0.39, 0.29) is 0 Å². The van der Waals surface area contributed by atoms with Crippen LogP contribution in [0, 0.1) is 0 Å². The summed E-state index contributed by atoms with van der Waals surface area (Å²) in [4.78, 5) is 2.14. The molecule has 0 radical (unpaired) electrons. The highest BCUT2D eigenvalue weighted by Gasteiger charge is 2.05. The first-order chi connectivity index (χ1) is 7.86. The fraction of sp³-hybridized carbons (Fsp3) is 0.538. The van der Waals surface area contributed by atoms with Gasteiger partial charge in [0.25, 0.3) is 0 Å². The van der Waals surface area contributed by atoms with Crippen LogP contribution in [0.1, 0.15) is 19.4 Å². The number of nitrogens with zero attached hydrogens (tertiary/aromatic N) is 1. The second kappa shape index (κ2) is 8.28. The molecule has 0 unspecified atom stereocenters. The van der Waals surface area contributed by atoms with Crippen molar-refractivity contribution in [3.05, 3.63) is 35.9 Å². The third-order valence-electron chi connectivity index (χ3n) is 2.20. The topological polar surface area (TPSA) is 21.7 Å². The Morgan fingerprint density at radius 3 is 2.00 bits per heavy atom. The van der Waals surface area contributed by atoms with Crippen molar-refractivity contribution in [2.45, 2.75) is 20.4 Å². The van der Waals surface area contributed by atoms with E-state index >= 15 is 0 Å². The Hall–Kier alpha value is -0.900. The molecule has 0 aliphatic heterocycles. The van der Waals surface area contributed by atoms with Crippen LogP contribution in [-0.2, 0) is 16.0 Å². The monoisotopic (exact) mass is 223 g/mol. The molecule has 0 saturated heterocycles. The van der Waals surface area contributed by atoms with Gasteiger partial charge in [0.1, 0.15) is 13.5 Å². The quantitative estimate of drug-likeness (QED) is 0.632. The summed E-state index contributed by atoms with van der Waals surface area (Å²) < 4.78 is 10.8. The minimum atomic E-state index is 0.616. The summed E-state index contributed by atoms with van der Waals surface area (Å²) in [6.45, 7) is 7.56. The van der Waals surface area contributed by atoms with Gasteiger partial charge in [-0.25, -0.2) is 0 Å². The Bertz CT molecular complexity index is 256. The molecule has 3 nitrogen and oxygen atoms in total. The van der Waals surface area contributed by atoms with Gasteiger partial charge in [-0.2, -0.15) is 0 Å². The van der Waals surface area contributed by atoms with Crippen LogP contribution in [0.15, 0.2) is 30.3 Å². The maximum absolute atomic E-state index is 5.41. The predicted octanol–water partition coefficient (Wildman–Crippen LogP) is 2.48. The van der Waals surface area contributed by atoms with Crippen LogP contribution in [-0.4, -0.2) is 31.6 Å². The average Bonchev–Trinajstić information content (AvgIpc) is 2.34. The number of hydrogen-bond donors (Lipinski definition) is 0. The average molecular weight is 223 g/mol. The summed E-state index contributed by atoms with van der Waals surface area (Å²) in [5.41, 5.74) is 1.28. The van der Waals surface area contributed by atoms with Crippen molar-refractivity contribution < 1.29 is 9.47 Å². The van der Waals surface area contributed by atoms with Crippen molar-refractivity contribution in [3.8, 4) is 0 Å². The molecule has 0 spiro atoms. The predicted molar refractivity (Wildman–Crippen MR) is 65.0 cm³/mol. The minimum Gasteiger partial charge on any atom is -0.366 e. The lowest BCUT2D eigenvalue weighted by molar-refractivity contribution is -0.0437. The molecule has 0 atom stereocenters. The largest absolute Gasteiger partial charge is 0.366 e. The molecule has 90 valence electrons. The van der Waals surface area contributed by atoms with Gasteiger partial charge in [-0.05, 0) is 19.4 Å². The summed E-state index contributed by atoms with van der Waals surface area (Å²) in [7, 11) is 0. The van der Waals surface area contributed by atoms with Gasteiger partial charge < -0.3 is 9.47 Å². The molecule has 0 heterocycles. The molecule has 0 fully saturated rings. The Morgan fingerprint density at radius 2 is 1.50 bits per heavy atom. The van der Waals surface area contributed by atoms with Crippen LogP contribution < -0.4 is 0 Å². The molecule has 16 heavy (non-hydrogen) atoms. The molecular weight excluding hydrogens is 202 g/mol. The van der Waals surface area contributed by atoms with E-state index in [0.29, 0.717) is 13.5 Å². The van der Waals surface area contributed by atoms with Gasteiger partial charge in [-0.3, -0.25) is 4.90 Å². The lowest BCUT2D eigenvalue weighted by Gasteiger charge is -2.21. The SMILES string of the molecule is CCOCN(COCC)Cc1ccccc1. The number of hydrogen-bond acceptors (Lipinski definition) is 3. The van der Waals surface area contributed by atoms with E-state index in [0.717, 1.165) is 19.8 Å². The zero-order valence-corrected chi connectivity index (χ0v) is 10.2. The normalized spacial score (nSPS) is 10.9. The van der Waals surface area contributed by atoms with Gasteiger partial charge in [0, 0.05) is 19.8 Å². The maximum atomic E-state index is 5.41. The molecule has 1 rings (SSSR count). The van der Waals surface area contributed by atoms with Crippen molar-refractivity contribution in [2.24, 2.45) is 0 Å². The lowest BCUT2D eigenvalue weighted by Crippen LogP contribution is -2.28. The second-order valence-electron chi connectivity index (χ2n) is 3.56. The standard InChI is InChI=1S/C13H21NO2/c1-3-15-11-14(12-16-4-2)10-13-8-6-5-7-9-13/h5-9H,3-4,10-12H2,1-2H3. The van der Waals surface area contributed by atoms with Crippen molar-refractivity contribution in [3.63, 3.8) is 0 Å². The first-order valence-electron chi connectivity index (χ1n) is 5.78. The number of ether oxygens (including phenoxy) is 2. The highest BCUT2D eigenvalue weighted by atomic mass is 16.5. The zero-order valence-electron chi connectivity index (χ0n) is 10.2. The highest BCUT2D eigenvalue weighted by molar-refractivity contribution is 5.14. The summed E-state index contributed by atoms with van der Waals surface area (Å²) in [6.07, 6.45) is 0. The fourth-order valence-electron chi connectivity index (χ4n) is 1.41. The molecule has 1 aromatic carbocycles. The van der Waals surface area contributed by atoms with E-state index in [9.17, 15) is 0 Å². The minimum absolute atomic E-state index is 0.616. The zero-order chi connectivity index (χ0) is 11.6. The van der Waals surface area contributed by atoms with Crippen LogP contribution in [0.2, 0.25) is 0 Å². The summed E-state index contributed by atoms with van der Waals surface area (Å²) in [5, 5.41) is 0. The van der Waals surface area contributed by atoms with Crippen LogP contribution >= 0.6 is 0 Å².